The van der Waals surface area contributed by atoms with Crippen LogP contribution in [0.1, 0.15) is 35.2 Å². The third kappa shape index (κ3) is 2.96. The van der Waals surface area contributed by atoms with Crippen LogP contribution in [0.2, 0.25) is 0 Å². The molecule has 0 bridgehead atoms. The summed E-state index contributed by atoms with van der Waals surface area (Å²) in [4.78, 5) is 15.3. The number of allylic oxidation sites excluding steroid dienone is 4. The van der Waals surface area contributed by atoms with Crippen molar-refractivity contribution in [3.05, 3.63) is 101 Å². The predicted octanol–water partition coefficient (Wildman–Crippen LogP) is 5.58. The average Bonchev–Trinajstić information content (AvgIpc) is 2.68. The summed E-state index contributed by atoms with van der Waals surface area (Å²) < 4.78 is 0. The summed E-state index contributed by atoms with van der Waals surface area (Å²) >= 11 is 0. The summed E-state index contributed by atoms with van der Waals surface area (Å²) in [5, 5.41) is 0. The van der Waals surface area contributed by atoms with Gasteiger partial charge in [-0.3, -0.25) is 4.79 Å². The number of carbonyl (C=O) groups is 1. The zero-order valence-corrected chi connectivity index (χ0v) is 14.4. The molecule has 0 spiro atoms. The van der Waals surface area contributed by atoms with Gasteiger partial charge in [0.2, 0.25) is 0 Å². The number of fused-ring (bicyclic) bond motifs is 1. The number of ketones is 1. The number of Topliss-reactive ketones (excluding diaryl/α,β-unsaturated/α-hetero) is 1. The van der Waals surface area contributed by atoms with Gasteiger partial charge in [-0.05, 0) is 50.0 Å². The number of carbonyl (C=O) groups excluding carboxylic acids is 1. The Labute approximate surface area is 148 Å². The molecule has 0 amide bonds. The van der Waals surface area contributed by atoms with Crippen LogP contribution in [0.15, 0.2) is 89.8 Å². The van der Waals surface area contributed by atoms with E-state index in [-0.39, 0.29) is 5.78 Å². The summed E-state index contributed by atoms with van der Waals surface area (Å²) in [7, 11) is 0. The van der Waals surface area contributed by atoms with Crippen molar-refractivity contribution in [3.63, 3.8) is 0 Å². The van der Waals surface area contributed by atoms with Crippen molar-refractivity contribution in [3.8, 4) is 0 Å². The van der Waals surface area contributed by atoms with Crippen LogP contribution < -0.4 is 4.90 Å². The highest BCUT2D eigenvalue weighted by atomic mass is 16.1. The second-order valence-corrected chi connectivity index (χ2v) is 6.61. The number of nitrogens with zero attached hydrogens (tertiary/aromatic N) is 1. The van der Waals surface area contributed by atoms with Gasteiger partial charge in [-0.2, -0.15) is 0 Å². The number of aryl methyl sites for hydroxylation is 1. The maximum absolute atomic E-state index is 13.1. The van der Waals surface area contributed by atoms with E-state index in [1.807, 2.05) is 30.3 Å². The van der Waals surface area contributed by atoms with E-state index in [9.17, 15) is 4.79 Å². The number of rotatable bonds is 3. The summed E-state index contributed by atoms with van der Waals surface area (Å²) in [5.41, 5.74) is 6.36. The zero-order valence-electron chi connectivity index (χ0n) is 14.4. The van der Waals surface area contributed by atoms with E-state index in [0.717, 1.165) is 41.8 Å². The molecule has 0 saturated heterocycles. The number of hydrogen-bond acceptors (Lipinski definition) is 2. The van der Waals surface area contributed by atoms with E-state index in [0.29, 0.717) is 0 Å². The van der Waals surface area contributed by atoms with E-state index in [4.69, 9.17) is 0 Å². The second-order valence-electron chi connectivity index (χ2n) is 6.61. The lowest BCUT2D eigenvalue weighted by molar-refractivity contribution is 0.102. The Hall–Kier alpha value is -2.87. The predicted molar refractivity (Wildman–Crippen MR) is 103 cm³/mol. The molecular formula is C23H21NO. The minimum Gasteiger partial charge on any atom is -0.316 e. The quantitative estimate of drug-likeness (QED) is 0.686. The smallest absolute Gasteiger partial charge is 0.191 e. The maximum atomic E-state index is 13.1. The van der Waals surface area contributed by atoms with Gasteiger partial charge in [0.15, 0.2) is 5.78 Å². The van der Waals surface area contributed by atoms with Crippen molar-refractivity contribution in [2.75, 3.05) is 4.90 Å². The van der Waals surface area contributed by atoms with Gasteiger partial charge < -0.3 is 4.90 Å². The van der Waals surface area contributed by atoms with Crippen molar-refractivity contribution in [2.45, 2.75) is 26.2 Å². The number of benzene rings is 2. The van der Waals surface area contributed by atoms with E-state index in [1.165, 1.54) is 11.1 Å². The Morgan fingerprint density at radius 2 is 1.72 bits per heavy atom. The van der Waals surface area contributed by atoms with Gasteiger partial charge in [0.05, 0.1) is 5.70 Å². The topological polar surface area (TPSA) is 20.3 Å². The molecule has 0 radical (unpaired) electrons. The maximum Gasteiger partial charge on any atom is 0.191 e. The van der Waals surface area contributed by atoms with Gasteiger partial charge in [0, 0.05) is 23.0 Å². The first-order valence-corrected chi connectivity index (χ1v) is 8.80. The van der Waals surface area contributed by atoms with E-state index < -0.39 is 0 Å². The van der Waals surface area contributed by atoms with Gasteiger partial charge >= 0.3 is 0 Å². The van der Waals surface area contributed by atoms with Crippen LogP contribution in [0.4, 0.5) is 5.69 Å². The lowest BCUT2D eigenvalue weighted by Crippen LogP contribution is -2.26. The molecule has 4 rings (SSSR count). The van der Waals surface area contributed by atoms with Crippen molar-refractivity contribution < 1.29 is 4.79 Å². The Balaban J connectivity index is 1.82. The standard InChI is InChI=1S/C23H21NO/c1-17-12-14-20(15-13-17)24-16-6-10-18-9-5-11-21(22(18)24)23(25)19-7-3-2-4-8-19/h2-4,6-8,10,12-16H,5,9,11H2,1H3. The van der Waals surface area contributed by atoms with E-state index in [2.05, 4.69) is 54.4 Å². The highest BCUT2D eigenvalue weighted by molar-refractivity contribution is 6.10. The van der Waals surface area contributed by atoms with Crippen molar-refractivity contribution in [1.82, 2.24) is 0 Å². The molecular weight excluding hydrogens is 306 g/mol. The van der Waals surface area contributed by atoms with Crippen molar-refractivity contribution in [1.29, 1.82) is 0 Å². The summed E-state index contributed by atoms with van der Waals surface area (Å²) in [6, 6.07) is 18.1. The molecule has 2 aromatic carbocycles. The third-order valence-electron chi connectivity index (χ3n) is 4.86. The zero-order chi connectivity index (χ0) is 17.2. The Morgan fingerprint density at radius 1 is 0.960 bits per heavy atom. The minimum absolute atomic E-state index is 0.147. The van der Waals surface area contributed by atoms with Gasteiger partial charge in [0.25, 0.3) is 0 Å². The number of anilines is 1. The molecule has 1 aliphatic heterocycles. The fourth-order valence-electron chi connectivity index (χ4n) is 3.57. The molecule has 1 aliphatic carbocycles. The first-order valence-electron chi connectivity index (χ1n) is 8.80. The highest BCUT2D eigenvalue weighted by Crippen LogP contribution is 2.38. The molecule has 0 aromatic heterocycles. The molecule has 0 fully saturated rings. The van der Waals surface area contributed by atoms with E-state index in [1.54, 1.807) is 0 Å². The molecule has 2 nitrogen and oxygen atoms in total. The first-order chi connectivity index (χ1) is 12.2. The third-order valence-corrected chi connectivity index (χ3v) is 4.86. The van der Waals surface area contributed by atoms with Crippen molar-refractivity contribution in [2.24, 2.45) is 0 Å². The summed E-state index contributed by atoms with van der Waals surface area (Å²) in [6.07, 6.45) is 9.17. The molecule has 2 aromatic rings. The molecule has 0 atom stereocenters. The second kappa shape index (κ2) is 6.56. The largest absolute Gasteiger partial charge is 0.316 e. The molecule has 25 heavy (non-hydrogen) atoms. The Morgan fingerprint density at radius 3 is 2.48 bits per heavy atom. The first kappa shape index (κ1) is 15.6. The molecule has 2 heteroatoms. The van der Waals surface area contributed by atoms with Gasteiger partial charge in [-0.15, -0.1) is 0 Å². The number of hydrogen-bond donors (Lipinski definition) is 0. The molecule has 1 heterocycles. The van der Waals surface area contributed by atoms with Crippen LogP contribution in [0.3, 0.4) is 0 Å². The van der Waals surface area contributed by atoms with Gasteiger partial charge in [-0.1, -0.05) is 54.1 Å². The van der Waals surface area contributed by atoms with Gasteiger partial charge in [0.1, 0.15) is 0 Å². The molecule has 0 N–H and O–H groups in total. The van der Waals surface area contributed by atoms with Crippen LogP contribution >= 0.6 is 0 Å². The molecule has 124 valence electrons. The highest BCUT2D eigenvalue weighted by Gasteiger charge is 2.28. The van der Waals surface area contributed by atoms with Crippen molar-refractivity contribution >= 4 is 11.5 Å². The molecule has 2 aliphatic rings. The van der Waals surface area contributed by atoms with Crippen LogP contribution in [0.25, 0.3) is 0 Å². The lowest BCUT2D eigenvalue weighted by atomic mass is 9.85. The minimum atomic E-state index is 0.147. The SMILES string of the molecule is Cc1ccc(N2C=CC=C3CCCC(C(=O)c4ccccc4)=C32)cc1. The van der Waals surface area contributed by atoms with Crippen LogP contribution in [0, 0.1) is 6.92 Å². The van der Waals surface area contributed by atoms with E-state index >= 15 is 0 Å². The van der Waals surface area contributed by atoms with Gasteiger partial charge in [-0.25, -0.2) is 0 Å². The fourth-order valence-corrected chi connectivity index (χ4v) is 3.57. The fraction of sp³-hybridized carbons (Fsp3) is 0.174. The Kier molecular flexibility index (Phi) is 4.10. The Bertz CT molecular complexity index is 885. The average molecular weight is 327 g/mol. The van der Waals surface area contributed by atoms with Crippen LogP contribution in [-0.4, -0.2) is 5.78 Å². The molecule has 0 saturated carbocycles. The van der Waals surface area contributed by atoms with Crippen LogP contribution in [-0.2, 0) is 0 Å². The monoisotopic (exact) mass is 327 g/mol. The molecule has 0 unspecified atom stereocenters. The van der Waals surface area contributed by atoms with Crippen LogP contribution in [0.5, 0.6) is 0 Å². The summed E-state index contributed by atoms with van der Waals surface area (Å²) in [6.45, 7) is 2.09. The summed E-state index contributed by atoms with van der Waals surface area (Å²) in [5.74, 6) is 0.147. The normalized spacial score (nSPS) is 16.5. The lowest BCUT2D eigenvalue weighted by Gasteiger charge is -2.33.